The minimum atomic E-state index is -0.171. The highest BCUT2D eigenvalue weighted by Crippen LogP contribution is 2.25. The van der Waals surface area contributed by atoms with Crippen LogP contribution in [0.25, 0.3) is 10.6 Å². The summed E-state index contributed by atoms with van der Waals surface area (Å²) < 4.78 is 5.17. The second-order valence-electron chi connectivity index (χ2n) is 6.67. The number of carbonyl (C=O) groups is 1. The van der Waals surface area contributed by atoms with E-state index in [1.165, 1.54) is 24.2 Å². The molecule has 0 radical (unpaired) electrons. The lowest BCUT2D eigenvalue weighted by molar-refractivity contribution is 0.0946. The summed E-state index contributed by atoms with van der Waals surface area (Å²) in [6.45, 7) is 2.56. The largest absolute Gasteiger partial charge is 0.497 e. The number of nitrogens with one attached hydrogen (secondary N) is 1. The zero-order valence-corrected chi connectivity index (χ0v) is 16.5. The highest BCUT2D eigenvalue weighted by molar-refractivity contribution is 7.13. The third-order valence-corrected chi connectivity index (χ3v) is 5.66. The van der Waals surface area contributed by atoms with Crippen LogP contribution in [-0.4, -0.2) is 36.1 Å². The summed E-state index contributed by atoms with van der Waals surface area (Å²) in [5.74, 6) is 1.61. The molecule has 6 nitrogen and oxygen atoms in total. The van der Waals surface area contributed by atoms with Crippen molar-refractivity contribution >= 4 is 23.1 Å². The van der Waals surface area contributed by atoms with Crippen molar-refractivity contribution in [3.05, 3.63) is 59.2 Å². The first kappa shape index (κ1) is 18.4. The highest BCUT2D eigenvalue weighted by Gasteiger charge is 2.15. The van der Waals surface area contributed by atoms with E-state index in [-0.39, 0.29) is 5.91 Å². The van der Waals surface area contributed by atoms with Crippen LogP contribution >= 0.6 is 11.3 Å². The zero-order valence-electron chi connectivity index (χ0n) is 15.7. The average Bonchev–Trinajstić information content (AvgIpc) is 3.45. The summed E-state index contributed by atoms with van der Waals surface area (Å²) in [6.07, 6.45) is 4.23. The molecule has 3 heterocycles. The Morgan fingerprint density at radius 1 is 1.21 bits per heavy atom. The molecule has 1 N–H and O–H groups in total. The van der Waals surface area contributed by atoms with E-state index < -0.39 is 0 Å². The van der Waals surface area contributed by atoms with Crippen molar-refractivity contribution in [2.24, 2.45) is 0 Å². The number of hydrogen-bond acceptors (Lipinski definition) is 6. The van der Waals surface area contributed by atoms with E-state index in [4.69, 9.17) is 4.74 Å². The fourth-order valence-corrected chi connectivity index (χ4v) is 4.01. The van der Waals surface area contributed by atoms with Crippen LogP contribution in [0.1, 0.15) is 28.9 Å². The number of pyridine rings is 1. The predicted octanol–water partition coefficient (Wildman–Crippen LogP) is 3.74. The zero-order chi connectivity index (χ0) is 19.3. The molecule has 1 aromatic carbocycles. The van der Waals surface area contributed by atoms with Crippen LogP contribution in [-0.2, 0) is 6.54 Å². The molecule has 28 heavy (non-hydrogen) atoms. The molecular weight excluding hydrogens is 372 g/mol. The number of rotatable bonds is 6. The molecule has 1 saturated heterocycles. The van der Waals surface area contributed by atoms with Crippen molar-refractivity contribution < 1.29 is 9.53 Å². The summed E-state index contributed by atoms with van der Waals surface area (Å²) in [6, 6.07) is 11.6. The number of nitrogens with zero attached hydrogens (tertiary/aromatic N) is 3. The Kier molecular flexibility index (Phi) is 5.53. The number of benzene rings is 1. The maximum atomic E-state index is 12.5. The Morgan fingerprint density at radius 2 is 2.00 bits per heavy atom. The third-order valence-electron chi connectivity index (χ3n) is 4.77. The molecule has 4 rings (SSSR count). The van der Waals surface area contributed by atoms with Gasteiger partial charge >= 0.3 is 0 Å². The fraction of sp³-hybridized carbons (Fsp3) is 0.286. The van der Waals surface area contributed by atoms with Gasteiger partial charge in [0, 0.05) is 36.8 Å². The Morgan fingerprint density at radius 3 is 2.75 bits per heavy atom. The van der Waals surface area contributed by atoms with Crippen molar-refractivity contribution in [3.8, 4) is 16.3 Å². The summed E-state index contributed by atoms with van der Waals surface area (Å²) in [4.78, 5) is 23.7. The molecule has 1 aliphatic heterocycles. The molecule has 0 unspecified atom stereocenters. The molecule has 0 spiro atoms. The normalized spacial score (nSPS) is 13.5. The van der Waals surface area contributed by atoms with E-state index in [1.54, 1.807) is 18.7 Å². The van der Waals surface area contributed by atoms with Gasteiger partial charge in [0.05, 0.1) is 7.11 Å². The van der Waals surface area contributed by atoms with Crippen molar-refractivity contribution in [1.82, 2.24) is 15.3 Å². The topological polar surface area (TPSA) is 67.3 Å². The first-order valence-electron chi connectivity index (χ1n) is 9.31. The first-order valence-corrected chi connectivity index (χ1v) is 10.2. The van der Waals surface area contributed by atoms with Crippen molar-refractivity contribution in [2.75, 3.05) is 25.1 Å². The van der Waals surface area contributed by atoms with Crippen LogP contribution in [0.3, 0.4) is 0 Å². The van der Waals surface area contributed by atoms with Crippen LogP contribution in [0.15, 0.2) is 48.0 Å². The van der Waals surface area contributed by atoms with E-state index in [0.717, 1.165) is 40.8 Å². The number of methoxy groups -OCH3 is 1. The number of hydrogen-bond donors (Lipinski definition) is 1. The number of carbonyl (C=O) groups excluding carboxylic acids is 1. The molecule has 1 aliphatic rings. The van der Waals surface area contributed by atoms with E-state index in [9.17, 15) is 4.79 Å². The third kappa shape index (κ3) is 4.14. The van der Waals surface area contributed by atoms with Gasteiger partial charge in [-0.3, -0.25) is 4.79 Å². The van der Waals surface area contributed by atoms with Gasteiger partial charge in [-0.1, -0.05) is 0 Å². The van der Waals surface area contributed by atoms with Gasteiger partial charge in [0.1, 0.15) is 22.3 Å². The summed E-state index contributed by atoms with van der Waals surface area (Å²) in [5, 5.41) is 5.56. The van der Waals surface area contributed by atoms with Crippen LogP contribution in [0.5, 0.6) is 5.75 Å². The fourth-order valence-electron chi connectivity index (χ4n) is 3.21. The Hall–Kier alpha value is -2.93. The lowest BCUT2D eigenvalue weighted by atomic mass is 10.2. The minimum Gasteiger partial charge on any atom is -0.497 e. The number of ether oxygens (including phenoxy) is 1. The van der Waals surface area contributed by atoms with Gasteiger partial charge in [0.15, 0.2) is 0 Å². The first-order chi connectivity index (χ1) is 13.7. The number of anilines is 1. The Balaban J connectivity index is 1.39. The standard InChI is InChI=1S/C21H22N4O2S/c1-27-17-6-4-16(5-7-17)21-24-18(14-28-21)20(26)23-13-15-8-9-22-19(12-15)25-10-2-3-11-25/h4-9,12,14H,2-3,10-11,13H2,1H3,(H,23,26). The number of amides is 1. The summed E-state index contributed by atoms with van der Waals surface area (Å²) in [5.41, 5.74) is 2.44. The van der Waals surface area contributed by atoms with Gasteiger partial charge in [-0.25, -0.2) is 9.97 Å². The minimum absolute atomic E-state index is 0.171. The average molecular weight is 395 g/mol. The quantitative estimate of drug-likeness (QED) is 0.690. The van der Waals surface area contributed by atoms with Gasteiger partial charge in [-0.15, -0.1) is 11.3 Å². The van der Waals surface area contributed by atoms with Crippen LogP contribution in [0, 0.1) is 0 Å². The molecule has 1 fully saturated rings. The van der Waals surface area contributed by atoms with E-state index in [2.05, 4.69) is 26.3 Å². The Bertz CT molecular complexity index is 949. The molecule has 3 aromatic rings. The smallest absolute Gasteiger partial charge is 0.271 e. The Labute approximate surface area is 168 Å². The second-order valence-corrected chi connectivity index (χ2v) is 7.52. The summed E-state index contributed by atoms with van der Waals surface area (Å²) >= 11 is 1.46. The molecule has 0 bridgehead atoms. The highest BCUT2D eigenvalue weighted by atomic mass is 32.1. The van der Waals surface area contributed by atoms with Gasteiger partial charge < -0.3 is 15.0 Å². The number of thiazole rings is 1. The number of aromatic nitrogens is 2. The molecule has 0 aliphatic carbocycles. The summed E-state index contributed by atoms with van der Waals surface area (Å²) in [7, 11) is 1.64. The van der Waals surface area contributed by atoms with Crippen LogP contribution in [0.4, 0.5) is 5.82 Å². The van der Waals surface area contributed by atoms with Gasteiger partial charge in [0.2, 0.25) is 0 Å². The van der Waals surface area contributed by atoms with Crippen molar-refractivity contribution in [1.29, 1.82) is 0 Å². The van der Waals surface area contributed by atoms with E-state index in [1.807, 2.05) is 30.3 Å². The van der Waals surface area contributed by atoms with Crippen LogP contribution < -0.4 is 15.0 Å². The second kappa shape index (κ2) is 8.39. The molecule has 144 valence electrons. The van der Waals surface area contributed by atoms with Crippen molar-refractivity contribution in [2.45, 2.75) is 19.4 Å². The lowest BCUT2D eigenvalue weighted by Crippen LogP contribution is -2.24. The molecule has 2 aromatic heterocycles. The van der Waals surface area contributed by atoms with E-state index >= 15 is 0 Å². The molecule has 1 amide bonds. The monoisotopic (exact) mass is 394 g/mol. The predicted molar refractivity (Wildman–Crippen MR) is 111 cm³/mol. The SMILES string of the molecule is COc1ccc(-c2nc(C(=O)NCc3ccnc(N4CCCC4)c3)cs2)cc1. The van der Waals surface area contributed by atoms with Gasteiger partial charge in [0.25, 0.3) is 5.91 Å². The van der Waals surface area contributed by atoms with Crippen molar-refractivity contribution in [3.63, 3.8) is 0 Å². The maximum Gasteiger partial charge on any atom is 0.271 e. The molecular formula is C21H22N4O2S. The molecule has 0 atom stereocenters. The molecule has 0 saturated carbocycles. The van der Waals surface area contributed by atoms with Gasteiger partial charge in [-0.05, 0) is 54.8 Å². The van der Waals surface area contributed by atoms with Crippen LogP contribution in [0.2, 0.25) is 0 Å². The molecule has 7 heteroatoms. The van der Waals surface area contributed by atoms with E-state index in [0.29, 0.717) is 12.2 Å². The van der Waals surface area contributed by atoms with Gasteiger partial charge in [-0.2, -0.15) is 0 Å². The maximum absolute atomic E-state index is 12.5. The lowest BCUT2D eigenvalue weighted by Gasteiger charge is -2.16.